The number of hydrogen-bond donors (Lipinski definition) is 4. The molecule has 12 heteroatoms. The molecule has 2 aromatic heterocycles. The quantitative estimate of drug-likeness (QED) is 0.480. The number of nitrogens with zero attached hydrogens (tertiary/aromatic N) is 4. The number of hydrogen-bond acceptors (Lipinski definition) is 8. The molecule has 4 rings (SSSR count). The number of aliphatic hydroxyl groups excluding tert-OH is 1. The van der Waals surface area contributed by atoms with Crippen molar-refractivity contribution in [2.75, 3.05) is 18.3 Å². The van der Waals surface area contributed by atoms with Crippen molar-refractivity contribution in [2.24, 2.45) is 5.92 Å². The lowest BCUT2D eigenvalue weighted by Gasteiger charge is -2.26. The zero-order valence-electron chi connectivity index (χ0n) is 15.4. The van der Waals surface area contributed by atoms with Crippen molar-refractivity contribution < 1.29 is 28.9 Å². The van der Waals surface area contributed by atoms with Crippen LogP contribution in [0.5, 0.6) is 0 Å². The molecule has 4 atom stereocenters. The largest absolute Gasteiger partial charge is 0.388 e. The zero-order valence-corrected chi connectivity index (χ0v) is 16.3. The summed E-state index contributed by atoms with van der Waals surface area (Å²) in [7, 11) is -4.25. The first-order chi connectivity index (χ1) is 13.3. The summed E-state index contributed by atoms with van der Waals surface area (Å²) in [4.78, 5) is 30.8. The molecule has 0 bridgehead atoms. The predicted octanol–water partition coefficient (Wildman–Crippen LogP) is 0.837. The molecule has 1 aliphatic carbocycles. The molecule has 0 unspecified atom stereocenters. The SMILES string of the molecule is C[C@H]1[C@@H](O)[C@H](n2cnc3c(NC4CCC4)ncnc32)O[C@@H]1COCP(=O)(O)O. The minimum absolute atomic E-state index is 0.0318. The van der Waals surface area contributed by atoms with E-state index in [1.165, 1.54) is 12.7 Å². The molecular formula is C16H24N5O6P. The fourth-order valence-corrected chi connectivity index (χ4v) is 3.81. The molecule has 0 amide bonds. The maximum Gasteiger partial charge on any atom is 0.350 e. The average molecular weight is 413 g/mol. The molecule has 0 aromatic carbocycles. The smallest absolute Gasteiger partial charge is 0.350 e. The summed E-state index contributed by atoms with van der Waals surface area (Å²) in [6.45, 7) is 1.77. The normalized spacial score (nSPS) is 28.6. The minimum atomic E-state index is -4.25. The van der Waals surface area contributed by atoms with Crippen LogP contribution in [0.3, 0.4) is 0 Å². The molecule has 0 radical (unpaired) electrons. The Labute approximate surface area is 161 Å². The van der Waals surface area contributed by atoms with Gasteiger partial charge in [0.05, 0.1) is 19.0 Å². The highest BCUT2D eigenvalue weighted by molar-refractivity contribution is 7.51. The number of fused-ring (bicyclic) bond motifs is 1. The van der Waals surface area contributed by atoms with Crippen LogP contribution < -0.4 is 5.32 Å². The number of imidazole rings is 1. The number of aliphatic hydroxyl groups is 1. The Balaban J connectivity index is 1.51. The second-order valence-electron chi connectivity index (χ2n) is 7.40. The van der Waals surface area contributed by atoms with Gasteiger partial charge in [-0.3, -0.25) is 9.13 Å². The Morgan fingerprint density at radius 1 is 1.36 bits per heavy atom. The van der Waals surface area contributed by atoms with Crippen LogP contribution in [0.15, 0.2) is 12.7 Å². The molecule has 2 aliphatic rings. The molecular weight excluding hydrogens is 389 g/mol. The first-order valence-corrected chi connectivity index (χ1v) is 11.0. The molecule has 1 saturated carbocycles. The van der Waals surface area contributed by atoms with Crippen LogP contribution in [-0.2, 0) is 14.0 Å². The van der Waals surface area contributed by atoms with Crippen molar-refractivity contribution in [3.05, 3.63) is 12.7 Å². The monoisotopic (exact) mass is 413 g/mol. The molecule has 4 N–H and O–H groups in total. The topological polar surface area (TPSA) is 152 Å². The van der Waals surface area contributed by atoms with E-state index in [0.29, 0.717) is 23.0 Å². The van der Waals surface area contributed by atoms with Crippen molar-refractivity contribution in [1.82, 2.24) is 19.5 Å². The fraction of sp³-hybridized carbons (Fsp3) is 0.688. The van der Waals surface area contributed by atoms with Crippen LogP contribution in [0.2, 0.25) is 0 Å². The Morgan fingerprint density at radius 3 is 2.82 bits per heavy atom. The number of anilines is 1. The van der Waals surface area contributed by atoms with Gasteiger partial charge < -0.3 is 29.7 Å². The Kier molecular flexibility index (Phi) is 5.38. The van der Waals surface area contributed by atoms with Crippen LogP contribution in [0.4, 0.5) is 5.82 Å². The summed E-state index contributed by atoms with van der Waals surface area (Å²) < 4.78 is 23.6. The lowest BCUT2D eigenvalue weighted by molar-refractivity contribution is -0.0577. The third kappa shape index (κ3) is 3.91. The van der Waals surface area contributed by atoms with E-state index in [-0.39, 0.29) is 12.5 Å². The summed E-state index contributed by atoms with van der Waals surface area (Å²) in [5.74, 6) is 0.365. The number of aromatic nitrogens is 4. The molecule has 3 heterocycles. The third-order valence-corrected chi connectivity index (χ3v) is 5.87. The molecule has 0 spiro atoms. The molecule has 2 aromatic rings. The van der Waals surface area contributed by atoms with E-state index in [1.807, 2.05) is 0 Å². The average Bonchev–Trinajstić information content (AvgIpc) is 3.14. The van der Waals surface area contributed by atoms with Crippen molar-refractivity contribution in [2.45, 2.75) is 50.7 Å². The summed E-state index contributed by atoms with van der Waals surface area (Å²) in [5, 5.41) is 14.0. The van der Waals surface area contributed by atoms with Crippen LogP contribution in [0, 0.1) is 5.92 Å². The van der Waals surface area contributed by atoms with Crippen molar-refractivity contribution in [3.63, 3.8) is 0 Å². The second-order valence-corrected chi connectivity index (χ2v) is 8.99. The minimum Gasteiger partial charge on any atom is -0.388 e. The highest BCUT2D eigenvalue weighted by atomic mass is 31.2. The summed E-state index contributed by atoms with van der Waals surface area (Å²) >= 11 is 0. The molecule has 1 saturated heterocycles. The predicted molar refractivity (Wildman–Crippen MR) is 98.5 cm³/mol. The highest BCUT2D eigenvalue weighted by Gasteiger charge is 2.43. The van der Waals surface area contributed by atoms with Gasteiger partial charge in [-0.05, 0) is 19.3 Å². The van der Waals surface area contributed by atoms with Gasteiger partial charge in [-0.25, -0.2) is 15.0 Å². The van der Waals surface area contributed by atoms with Crippen LogP contribution in [0.25, 0.3) is 11.2 Å². The van der Waals surface area contributed by atoms with Gasteiger partial charge in [0.2, 0.25) is 0 Å². The van der Waals surface area contributed by atoms with Crippen molar-refractivity contribution in [1.29, 1.82) is 0 Å². The van der Waals surface area contributed by atoms with E-state index < -0.39 is 32.4 Å². The van der Waals surface area contributed by atoms with Crippen molar-refractivity contribution >= 4 is 24.6 Å². The van der Waals surface area contributed by atoms with Gasteiger partial charge in [0.15, 0.2) is 23.2 Å². The van der Waals surface area contributed by atoms with Crippen LogP contribution >= 0.6 is 7.60 Å². The third-order valence-electron chi connectivity index (χ3n) is 5.35. The standard InChI is InChI=1S/C16H24N5O6P/c1-9-11(5-26-8-28(23,24)25)27-16(13(9)22)21-7-19-12-14(17-6-18-15(12)21)20-10-3-2-4-10/h6-7,9-11,13,16,22H,2-5,8H2,1H3,(H,17,18,20)(H2,23,24,25)/t9-,11-,13-,16-/m1/s1. The van der Waals surface area contributed by atoms with Gasteiger partial charge in [-0.2, -0.15) is 0 Å². The lowest BCUT2D eigenvalue weighted by Crippen LogP contribution is -2.27. The summed E-state index contributed by atoms with van der Waals surface area (Å²) in [5.41, 5.74) is 1.16. The van der Waals surface area contributed by atoms with E-state index in [9.17, 15) is 9.67 Å². The zero-order chi connectivity index (χ0) is 19.9. The Hall–Kier alpha value is -1.62. The van der Waals surface area contributed by atoms with Gasteiger partial charge in [0, 0.05) is 12.0 Å². The van der Waals surface area contributed by atoms with E-state index in [0.717, 1.165) is 12.8 Å². The van der Waals surface area contributed by atoms with Crippen molar-refractivity contribution in [3.8, 4) is 0 Å². The van der Waals surface area contributed by atoms with E-state index >= 15 is 0 Å². The first-order valence-electron chi connectivity index (χ1n) is 9.23. The first kappa shape index (κ1) is 19.7. The molecule has 1 aliphatic heterocycles. The maximum atomic E-state index is 10.9. The molecule has 11 nitrogen and oxygen atoms in total. The van der Waals surface area contributed by atoms with E-state index in [4.69, 9.17) is 19.3 Å². The maximum absolute atomic E-state index is 10.9. The van der Waals surface area contributed by atoms with Gasteiger partial charge >= 0.3 is 7.60 Å². The fourth-order valence-electron chi connectivity index (χ4n) is 3.46. The molecule has 154 valence electrons. The number of nitrogens with one attached hydrogen (secondary N) is 1. The van der Waals surface area contributed by atoms with E-state index in [1.54, 1.807) is 17.8 Å². The number of rotatable bonds is 7. The van der Waals surface area contributed by atoms with Gasteiger partial charge in [-0.1, -0.05) is 6.92 Å². The van der Waals surface area contributed by atoms with Gasteiger partial charge in [0.1, 0.15) is 18.8 Å². The summed E-state index contributed by atoms with van der Waals surface area (Å²) in [6.07, 6.45) is 3.64. The number of ether oxygens (including phenoxy) is 2. The Morgan fingerprint density at radius 2 is 2.14 bits per heavy atom. The summed E-state index contributed by atoms with van der Waals surface area (Å²) in [6, 6.07) is 0.396. The van der Waals surface area contributed by atoms with Crippen LogP contribution in [-0.4, -0.2) is 65.6 Å². The second kappa shape index (κ2) is 7.66. The Bertz CT molecular complexity index is 884. The lowest BCUT2D eigenvalue weighted by atomic mass is 9.93. The van der Waals surface area contributed by atoms with Gasteiger partial charge in [-0.15, -0.1) is 0 Å². The van der Waals surface area contributed by atoms with Gasteiger partial charge in [0.25, 0.3) is 0 Å². The highest BCUT2D eigenvalue weighted by Crippen LogP contribution is 2.38. The van der Waals surface area contributed by atoms with E-state index in [2.05, 4.69) is 20.3 Å². The molecule has 2 fully saturated rings. The molecule has 28 heavy (non-hydrogen) atoms. The van der Waals surface area contributed by atoms with Crippen LogP contribution in [0.1, 0.15) is 32.4 Å².